The summed E-state index contributed by atoms with van der Waals surface area (Å²) in [6.07, 6.45) is 0. The van der Waals surface area contributed by atoms with E-state index in [1.54, 1.807) is 18.2 Å². The quantitative estimate of drug-likeness (QED) is 0.636. The molecule has 1 aromatic rings. The van der Waals surface area contributed by atoms with Gasteiger partial charge >= 0.3 is 0 Å². The average molecular weight is 265 g/mol. The summed E-state index contributed by atoms with van der Waals surface area (Å²) in [7, 11) is 0. The first-order chi connectivity index (χ1) is 6.15. The van der Waals surface area contributed by atoms with E-state index in [9.17, 15) is 9.90 Å². The van der Waals surface area contributed by atoms with E-state index in [2.05, 4.69) is 21.2 Å². The number of phenols is 1. The molecule has 0 aliphatic heterocycles. The number of phenolic OH excluding ortho intramolecular Hbond substituents is 1. The van der Waals surface area contributed by atoms with Crippen molar-refractivity contribution in [3.8, 4) is 5.75 Å². The number of aromatic hydroxyl groups is 1. The van der Waals surface area contributed by atoms with Gasteiger partial charge in [0.2, 0.25) is 5.91 Å². The third kappa shape index (κ3) is 2.60. The van der Waals surface area contributed by atoms with Crippen molar-refractivity contribution in [2.75, 3.05) is 10.6 Å². The van der Waals surface area contributed by atoms with Crippen molar-refractivity contribution in [3.05, 3.63) is 23.2 Å². The van der Waals surface area contributed by atoms with Crippen molar-refractivity contribution in [2.45, 2.75) is 0 Å². The van der Waals surface area contributed by atoms with Crippen molar-refractivity contribution in [3.63, 3.8) is 0 Å². The predicted octanol–water partition coefficient (Wildman–Crippen LogP) is 2.38. The summed E-state index contributed by atoms with van der Waals surface area (Å²) >= 11 is 8.62. The molecule has 2 N–H and O–H groups in total. The number of para-hydroxylation sites is 1. The molecule has 0 radical (unpaired) electrons. The lowest BCUT2D eigenvalue weighted by Gasteiger charge is -2.05. The molecule has 0 saturated heterocycles. The largest absolute Gasteiger partial charge is 0.504 e. The Labute approximate surface area is 88.8 Å². The second-order valence-corrected chi connectivity index (χ2v) is 3.29. The number of carbonyl (C=O) groups is 1. The van der Waals surface area contributed by atoms with Gasteiger partial charge < -0.3 is 10.4 Å². The fourth-order valence-corrected chi connectivity index (χ4v) is 1.11. The fraction of sp³-hybridized carbons (Fsp3) is 0.125. The van der Waals surface area contributed by atoms with Crippen LogP contribution < -0.4 is 5.32 Å². The van der Waals surface area contributed by atoms with Crippen LogP contribution in [0.15, 0.2) is 18.2 Å². The number of hydrogen-bond acceptors (Lipinski definition) is 2. The zero-order valence-corrected chi connectivity index (χ0v) is 8.89. The van der Waals surface area contributed by atoms with Gasteiger partial charge in [-0.25, -0.2) is 0 Å². The van der Waals surface area contributed by atoms with E-state index in [-0.39, 0.29) is 22.0 Å². The third-order valence-corrected chi connectivity index (χ3v) is 2.20. The highest BCUT2D eigenvalue weighted by Gasteiger charge is 2.06. The minimum Gasteiger partial charge on any atom is -0.504 e. The van der Waals surface area contributed by atoms with E-state index in [4.69, 9.17) is 11.6 Å². The van der Waals surface area contributed by atoms with Crippen LogP contribution in [0, 0.1) is 0 Å². The summed E-state index contributed by atoms with van der Waals surface area (Å²) in [5, 5.41) is 12.3. The van der Waals surface area contributed by atoms with Crippen LogP contribution in [0.2, 0.25) is 5.02 Å². The molecule has 0 unspecified atom stereocenters. The first-order valence-corrected chi connectivity index (χ1v) is 4.98. The Kier molecular flexibility index (Phi) is 3.57. The molecule has 0 aliphatic rings. The maximum absolute atomic E-state index is 10.9. The summed E-state index contributed by atoms with van der Waals surface area (Å²) < 4.78 is 0. The molecule has 1 rings (SSSR count). The minimum absolute atomic E-state index is 0.113. The van der Waals surface area contributed by atoms with Gasteiger partial charge in [-0.1, -0.05) is 33.6 Å². The van der Waals surface area contributed by atoms with Crippen molar-refractivity contribution < 1.29 is 9.90 Å². The number of rotatable bonds is 2. The lowest BCUT2D eigenvalue weighted by molar-refractivity contribution is -0.113. The molecule has 3 nitrogen and oxygen atoms in total. The zero-order chi connectivity index (χ0) is 9.84. The van der Waals surface area contributed by atoms with Crippen LogP contribution in [0.5, 0.6) is 5.75 Å². The number of amides is 1. The van der Waals surface area contributed by atoms with Gasteiger partial charge in [-0.15, -0.1) is 0 Å². The van der Waals surface area contributed by atoms with E-state index in [1.165, 1.54) is 0 Å². The summed E-state index contributed by atoms with van der Waals surface area (Å²) in [6.45, 7) is 0. The van der Waals surface area contributed by atoms with Crippen molar-refractivity contribution in [1.82, 2.24) is 0 Å². The molecule has 0 atom stereocenters. The SMILES string of the molecule is O=C(CBr)Nc1cccc(Cl)c1O. The molecule has 0 spiro atoms. The Hall–Kier alpha value is -0.740. The third-order valence-electron chi connectivity index (χ3n) is 1.38. The number of halogens is 2. The maximum Gasteiger partial charge on any atom is 0.235 e. The first-order valence-electron chi connectivity index (χ1n) is 3.48. The standard InChI is InChI=1S/C8H7BrClNO2/c9-4-7(12)11-6-3-1-2-5(10)8(6)13/h1-3,13H,4H2,(H,11,12). The molecule has 0 fully saturated rings. The first kappa shape index (κ1) is 10.3. The number of carbonyl (C=O) groups excluding carboxylic acids is 1. The number of alkyl halides is 1. The van der Waals surface area contributed by atoms with Crippen LogP contribution in [0.25, 0.3) is 0 Å². The van der Waals surface area contributed by atoms with Gasteiger partial charge in [0.25, 0.3) is 0 Å². The lowest BCUT2D eigenvalue weighted by atomic mass is 10.3. The molecule has 0 aromatic heterocycles. The highest BCUT2D eigenvalue weighted by molar-refractivity contribution is 9.09. The minimum atomic E-state index is -0.238. The summed E-state index contributed by atoms with van der Waals surface area (Å²) in [6, 6.07) is 4.76. The molecule has 70 valence electrons. The topological polar surface area (TPSA) is 49.3 Å². The predicted molar refractivity (Wildman–Crippen MR) is 55.5 cm³/mol. The number of hydrogen-bond donors (Lipinski definition) is 2. The summed E-state index contributed by atoms with van der Waals surface area (Å²) in [5.74, 6) is -0.351. The van der Waals surface area contributed by atoms with Crippen molar-refractivity contribution >= 4 is 39.1 Å². The van der Waals surface area contributed by atoms with E-state index < -0.39 is 0 Å². The van der Waals surface area contributed by atoms with Crippen LogP contribution in [-0.4, -0.2) is 16.3 Å². The highest BCUT2D eigenvalue weighted by Crippen LogP contribution is 2.30. The molecule has 0 bridgehead atoms. The molecule has 5 heteroatoms. The van der Waals surface area contributed by atoms with E-state index in [0.717, 1.165) is 0 Å². The number of benzene rings is 1. The monoisotopic (exact) mass is 263 g/mol. The Morgan fingerprint density at radius 1 is 1.62 bits per heavy atom. The molecule has 0 aliphatic carbocycles. The van der Waals surface area contributed by atoms with Gasteiger partial charge in [0.15, 0.2) is 5.75 Å². The van der Waals surface area contributed by atoms with Crippen LogP contribution in [0.3, 0.4) is 0 Å². The summed E-state index contributed by atoms with van der Waals surface area (Å²) in [5.41, 5.74) is 0.317. The molecular formula is C8H7BrClNO2. The number of anilines is 1. The van der Waals surface area contributed by atoms with Gasteiger partial charge in [0.1, 0.15) is 0 Å². The molecule has 1 aromatic carbocycles. The molecular weight excluding hydrogens is 257 g/mol. The maximum atomic E-state index is 10.9. The van der Waals surface area contributed by atoms with Gasteiger partial charge in [-0.05, 0) is 12.1 Å². The highest BCUT2D eigenvalue weighted by atomic mass is 79.9. The van der Waals surface area contributed by atoms with E-state index in [1.807, 2.05) is 0 Å². The second-order valence-electron chi connectivity index (χ2n) is 2.32. The fourth-order valence-electron chi connectivity index (χ4n) is 0.800. The van der Waals surface area contributed by atoms with Gasteiger partial charge in [-0.2, -0.15) is 0 Å². The second kappa shape index (κ2) is 4.48. The van der Waals surface area contributed by atoms with Crippen LogP contribution in [0.4, 0.5) is 5.69 Å². The Balaban J connectivity index is 2.89. The Morgan fingerprint density at radius 2 is 2.31 bits per heavy atom. The smallest absolute Gasteiger partial charge is 0.235 e. The lowest BCUT2D eigenvalue weighted by Crippen LogP contribution is -2.12. The van der Waals surface area contributed by atoms with Gasteiger partial charge in [0, 0.05) is 0 Å². The number of nitrogens with one attached hydrogen (secondary N) is 1. The Bertz CT molecular complexity index is 330. The molecule has 0 saturated carbocycles. The van der Waals surface area contributed by atoms with E-state index in [0.29, 0.717) is 5.69 Å². The van der Waals surface area contributed by atoms with Crippen molar-refractivity contribution in [1.29, 1.82) is 0 Å². The average Bonchev–Trinajstić information content (AvgIpc) is 2.13. The van der Waals surface area contributed by atoms with Crippen LogP contribution in [0.1, 0.15) is 0 Å². The summed E-state index contributed by atoms with van der Waals surface area (Å²) in [4.78, 5) is 10.9. The van der Waals surface area contributed by atoms with Crippen LogP contribution >= 0.6 is 27.5 Å². The molecule has 13 heavy (non-hydrogen) atoms. The normalized spacial score (nSPS) is 9.69. The van der Waals surface area contributed by atoms with Crippen molar-refractivity contribution in [2.24, 2.45) is 0 Å². The Morgan fingerprint density at radius 3 is 2.92 bits per heavy atom. The van der Waals surface area contributed by atoms with Crippen LogP contribution in [-0.2, 0) is 4.79 Å². The molecule has 0 heterocycles. The van der Waals surface area contributed by atoms with E-state index >= 15 is 0 Å². The van der Waals surface area contributed by atoms with Gasteiger partial charge in [-0.3, -0.25) is 4.79 Å². The van der Waals surface area contributed by atoms with Gasteiger partial charge in [0.05, 0.1) is 16.0 Å². The molecule has 1 amide bonds. The zero-order valence-electron chi connectivity index (χ0n) is 6.55.